The third kappa shape index (κ3) is 20.5. The van der Waals surface area contributed by atoms with Crippen molar-refractivity contribution in [1.82, 2.24) is 0 Å². The molecule has 3 unspecified atom stereocenters. The van der Waals surface area contributed by atoms with E-state index in [1.807, 2.05) is 6.55 Å². The maximum Gasteiger partial charge on any atom is 0.326 e. The zero-order valence-corrected chi connectivity index (χ0v) is 28.7. The highest BCUT2D eigenvalue weighted by Crippen LogP contribution is 2.31. The second kappa shape index (κ2) is 22.3. The predicted molar refractivity (Wildman–Crippen MR) is 165 cm³/mol. The van der Waals surface area contributed by atoms with E-state index in [1.165, 1.54) is 103 Å². The van der Waals surface area contributed by atoms with Crippen LogP contribution in [0.15, 0.2) is 0 Å². The molecule has 0 saturated carbocycles. The molecule has 1 N–H and O–H groups in total. The molecule has 218 valence electrons. The molecular weight excluding hydrogens is 497 g/mol. The highest BCUT2D eigenvalue weighted by molar-refractivity contribution is 6.85. The van der Waals surface area contributed by atoms with Gasteiger partial charge in [-0.1, -0.05) is 136 Å². The van der Waals surface area contributed by atoms with Gasteiger partial charge in [0.2, 0.25) is 0 Å². The lowest BCUT2D eigenvalue weighted by Gasteiger charge is -2.40. The topological polar surface area (TPSA) is 47.9 Å². The average Bonchev–Trinajstić information content (AvgIpc) is 2.80. The van der Waals surface area contributed by atoms with Crippen molar-refractivity contribution in [3.05, 3.63) is 0 Å². The van der Waals surface area contributed by atoms with Crippen LogP contribution in [0.1, 0.15) is 143 Å². The lowest BCUT2D eigenvalue weighted by molar-refractivity contribution is 0.222. The molecule has 0 aliphatic heterocycles. The van der Waals surface area contributed by atoms with Crippen LogP contribution < -0.4 is 0 Å². The smallest absolute Gasteiger partial charge is 0.326 e. The van der Waals surface area contributed by atoms with E-state index in [4.69, 9.17) is 12.7 Å². The molecule has 4 nitrogen and oxygen atoms in total. The molecule has 0 aromatic rings. The quantitative estimate of drug-likeness (QED) is 0.0799. The summed E-state index contributed by atoms with van der Waals surface area (Å²) in [7, 11) is -7.64. The molecular formula is C29H66O4Si3. The molecule has 0 fully saturated rings. The second-order valence-corrected chi connectivity index (χ2v) is 21.9. The summed E-state index contributed by atoms with van der Waals surface area (Å²) in [4.78, 5) is 11.4. The lowest BCUT2D eigenvalue weighted by Crippen LogP contribution is -2.57. The first-order chi connectivity index (χ1) is 17.2. The normalized spacial score (nSPS) is 17.0. The maximum atomic E-state index is 11.4. The van der Waals surface area contributed by atoms with Crippen LogP contribution >= 0.6 is 0 Å². The molecule has 0 aliphatic carbocycles. The SMILES string of the molecule is CCCCCCCC[Si](C)(O)O[Si](C)(CCCCCCCC)O[Si](C)(CCCCCCCC)OCC. The van der Waals surface area contributed by atoms with Crippen LogP contribution in [-0.2, 0) is 12.7 Å². The first-order valence-electron chi connectivity index (χ1n) is 15.9. The van der Waals surface area contributed by atoms with E-state index in [1.54, 1.807) is 0 Å². The van der Waals surface area contributed by atoms with E-state index < -0.39 is 25.7 Å². The Balaban J connectivity index is 5.10. The predicted octanol–water partition coefficient (Wildman–Crippen LogP) is 10.3. The Labute approximate surface area is 230 Å². The van der Waals surface area contributed by atoms with Crippen molar-refractivity contribution in [1.29, 1.82) is 0 Å². The van der Waals surface area contributed by atoms with Gasteiger partial charge in [0.25, 0.3) is 0 Å². The first-order valence-corrected chi connectivity index (χ1v) is 23.5. The Morgan fingerprint density at radius 3 is 1.22 bits per heavy atom. The van der Waals surface area contributed by atoms with Crippen molar-refractivity contribution in [3.8, 4) is 0 Å². The van der Waals surface area contributed by atoms with E-state index in [-0.39, 0.29) is 0 Å². The van der Waals surface area contributed by atoms with Crippen molar-refractivity contribution < 1.29 is 17.5 Å². The number of hydrogen-bond donors (Lipinski definition) is 1. The maximum absolute atomic E-state index is 11.4. The van der Waals surface area contributed by atoms with Crippen molar-refractivity contribution in [2.45, 2.75) is 181 Å². The number of unbranched alkanes of at least 4 members (excludes halogenated alkanes) is 15. The highest BCUT2D eigenvalue weighted by atomic mass is 28.5. The summed E-state index contributed by atoms with van der Waals surface area (Å²) in [6.45, 7) is 16.1. The Bertz CT molecular complexity index is 495. The summed E-state index contributed by atoms with van der Waals surface area (Å²) in [5.74, 6) is 0. The molecule has 0 aromatic heterocycles. The molecule has 0 aliphatic rings. The number of rotatable bonds is 27. The fourth-order valence-corrected chi connectivity index (χ4v) is 18.5. The van der Waals surface area contributed by atoms with Gasteiger partial charge in [-0.2, -0.15) is 0 Å². The minimum atomic E-state index is -2.76. The summed E-state index contributed by atoms with van der Waals surface area (Å²) in [6, 6.07) is 2.84. The largest absolute Gasteiger partial charge is 0.415 e. The second-order valence-electron chi connectivity index (χ2n) is 11.6. The first kappa shape index (κ1) is 36.5. The van der Waals surface area contributed by atoms with E-state index in [0.717, 1.165) is 31.0 Å². The van der Waals surface area contributed by atoms with Crippen molar-refractivity contribution >= 4 is 25.7 Å². The molecule has 0 saturated heterocycles. The van der Waals surface area contributed by atoms with E-state index in [9.17, 15) is 4.80 Å². The minimum absolute atomic E-state index is 0.700. The Morgan fingerprint density at radius 1 is 0.444 bits per heavy atom. The van der Waals surface area contributed by atoms with Crippen molar-refractivity contribution in [3.63, 3.8) is 0 Å². The van der Waals surface area contributed by atoms with Gasteiger partial charge in [-0.3, -0.25) is 0 Å². The van der Waals surface area contributed by atoms with Gasteiger partial charge in [-0.25, -0.2) is 0 Å². The molecule has 3 atom stereocenters. The van der Waals surface area contributed by atoms with Crippen LogP contribution in [0.3, 0.4) is 0 Å². The monoisotopic (exact) mass is 562 g/mol. The molecule has 0 rings (SSSR count). The molecule has 0 aromatic carbocycles. The van der Waals surface area contributed by atoms with Gasteiger partial charge < -0.3 is 17.5 Å². The summed E-state index contributed by atoms with van der Waals surface area (Å²) >= 11 is 0. The van der Waals surface area contributed by atoms with Crippen LogP contribution in [0, 0.1) is 0 Å². The molecule has 0 spiro atoms. The van der Waals surface area contributed by atoms with E-state index in [0.29, 0.717) is 6.61 Å². The highest BCUT2D eigenvalue weighted by Gasteiger charge is 2.46. The van der Waals surface area contributed by atoms with Crippen LogP contribution in [0.4, 0.5) is 0 Å². The molecule has 0 radical (unpaired) electrons. The summed E-state index contributed by atoms with van der Waals surface area (Å²) in [5.41, 5.74) is 0. The molecule has 7 heteroatoms. The number of hydrogen-bond acceptors (Lipinski definition) is 4. The molecule has 36 heavy (non-hydrogen) atoms. The fraction of sp³-hybridized carbons (Fsp3) is 1.00. The zero-order chi connectivity index (χ0) is 27.2. The van der Waals surface area contributed by atoms with Gasteiger partial charge in [-0.05, 0) is 44.7 Å². The van der Waals surface area contributed by atoms with Gasteiger partial charge in [0.15, 0.2) is 0 Å². The van der Waals surface area contributed by atoms with Crippen LogP contribution in [0.2, 0.25) is 37.8 Å². The van der Waals surface area contributed by atoms with E-state index >= 15 is 0 Å². The summed E-state index contributed by atoms with van der Waals surface area (Å²) < 4.78 is 20.1. The Morgan fingerprint density at radius 2 is 0.806 bits per heavy atom. The zero-order valence-electron chi connectivity index (χ0n) is 25.7. The summed E-state index contributed by atoms with van der Waals surface area (Å²) in [6.07, 6.45) is 22.8. The van der Waals surface area contributed by atoms with Gasteiger partial charge in [0.05, 0.1) is 0 Å². The molecule has 0 amide bonds. The summed E-state index contributed by atoms with van der Waals surface area (Å²) in [5, 5.41) is 0. The van der Waals surface area contributed by atoms with E-state index in [2.05, 4.69) is 40.8 Å². The molecule has 0 heterocycles. The third-order valence-corrected chi connectivity index (χ3v) is 18.9. The van der Waals surface area contributed by atoms with Crippen molar-refractivity contribution in [2.24, 2.45) is 0 Å². The average molecular weight is 563 g/mol. The minimum Gasteiger partial charge on any atom is -0.415 e. The molecule has 0 bridgehead atoms. The van der Waals surface area contributed by atoms with Gasteiger partial charge in [0.1, 0.15) is 0 Å². The fourth-order valence-electron chi connectivity index (χ4n) is 5.24. The van der Waals surface area contributed by atoms with Crippen LogP contribution in [0.5, 0.6) is 0 Å². The van der Waals surface area contributed by atoms with Gasteiger partial charge >= 0.3 is 25.7 Å². The Kier molecular flexibility index (Phi) is 22.6. The lowest BCUT2D eigenvalue weighted by atomic mass is 10.1. The van der Waals surface area contributed by atoms with Gasteiger partial charge in [0, 0.05) is 6.61 Å². The standard InChI is InChI=1S/C29H66O4Si3/c1-8-12-15-18-21-24-27-34(5,30)32-36(7,29-26-23-20-17-14-10-3)33-35(6,31-11-4)28-25-22-19-16-13-9-2/h30H,8-29H2,1-7H3. The Hall–Kier alpha value is 0.491. The van der Waals surface area contributed by atoms with Crippen LogP contribution in [0.25, 0.3) is 0 Å². The third-order valence-electron chi connectivity index (χ3n) is 7.28. The van der Waals surface area contributed by atoms with Gasteiger partial charge in [-0.15, -0.1) is 0 Å². The van der Waals surface area contributed by atoms with Crippen molar-refractivity contribution in [2.75, 3.05) is 6.61 Å². The van der Waals surface area contributed by atoms with Crippen LogP contribution in [-0.4, -0.2) is 37.1 Å².